The largest absolute Gasteiger partial charge is 0.480 e. The number of carbonyl (C=O) groups is 2. The lowest BCUT2D eigenvalue weighted by Gasteiger charge is -2.21. The number of hydrogen-bond donors (Lipinski definition) is 2. The van der Waals surface area contributed by atoms with Gasteiger partial charge in [0.15, 0.2) is 0 Å². The van der Waals surface area contributed by atoms with Crippen LogP contribution in [0.5, 0.6) is 0 Å². The van der Waals surface area contributed by atoms with Crippen LogP contribution in [0.3, 0.4) is 0 Å². The van der Waals surface area contributed by atoms with Crippen molar-refractivity contribution in [3.8, 4) is 0 Å². The number of aliphatic carboxylic acids is 1. The number of likely N-dealkylation sites (tertiary alicyclic amines) is 1. The summed E-state index contributed by atoms with van der Waals surface area (Å²) in [5.41, 5.74) is 0.426. The Kier molecular flexibility index (Phi) is 3.96. The van der Waals surface area contributed by atoms with E-state index in [0.717, 1.165) is 4.47 Å². The second-order valence-electron chi connectivity index (χ2n) is 4.53. The predicted octanol–water partition coefficient (Wildman–Crippen LogP) is 0.930. The van der Waals surface area contributed by atoms with Crippen molar-refractivity contribution in [3.05, 3.63) is 22.4 Å². The van der Waals surface area contributed by atoms with E-state index in [9.17, 15) is 14.7 Å². The van der Waals surface area contributed by atoms with Crippen LogP contribution in [0.2, 0.25) is 0 Å². The number of carbonyl (C=O) groups excluding carboxylic acids is 1. The first kappa shape index (κ1) is 14.1. The summed E-state index contributed by atoms with van der Waals surface area (Å²) >= 11 is 3.30. The molecule has 2 heterocycles. The fourth-order valence-corrected chi connectivity index (χ4v) is 2.80. The van der Waals surface area contributed by atoms with Gasteiger partial charge in [0.2, 0.25) is 0 Å². The van der Waals surface area contributed by atoms with E-state index in [1.54, 1.807) is 16.8 Å². The zero-order valence-corrected chi connectivity index (χ0v) is 12.0. The molecule has 2 unspecified atom stereocenters. The fraction of sp³-hybridized carbons (Fsp3) is 0.500. The fourth-order valence-electron chi connectivity index (χ4n) is 2.33. The maximum atomic E-state index is 12.4. The highest BCUT2D eigenvalue weighted by Crippen LogP contribution is 2.23. The van der Waals surface area contributed by atoms with Gasteiger partial charge in [0.05, 0.1) is 6.10 Å². The molecular formula is C12H15BrN2O4. The number of aromatic nitrogens is 1. The van der Waals surface area contributed by atoms with Gasteiger partial charge in [-0.1, -0.05) is 0 Å². The Labute approximate surface area is 118 Å². The van der Waals surface area contributed by atoms with Gasteiger partial charge in [-0.3, -0.25) is 4.79 Å². The molecule has 2 atom stereocenters. The summed E-state index contributed by atoms with van der Waals surface area (Å²) in [5, 5.41) is 18.7. The Hall–Kier alpha value is -1.34. The number of carboxylic acids is 1. The number of halogens is 1. The summed E-state index contributed by atoms with van der Waals surface area (Å²) < 4.78 is 2.51. The smallest absolute Gasteiger partial charge is 0.326 e. The second-order valence-corrected chi connectivity index (χ2v) is 5.45. The minimum Gasteiger partial charge on any atom is -0.480 e. The predicted molar refractivity (Wildman–Crippen MR) is 70.9 cm³/mol. The number of hydrogen-bond acceptors (Lipinski definition) is 3. The van der Waals surface area contributed by atoms with E-state index in [4.69, 9.17) is 5.11 Å². The highest BCUT2D eigenvalue weighted by molar-refractivity contribution is 9.10. The van der Waals surface area contributed by atoms with Gasteiger partial charge in [-0.2, -0.15) is 0 Å². The van der Waals surface area contributed by atoms with Crippen molar-refractivity contribution in [2.75, 3.05) is 6.54 Å². The maximum absolute atomic E-state index is 12.4. The van der Waals surface area contributed by atoms with Crippen LogP contribution in [0.4, 0.5) is 0 Å². The zero-order valence-electron chi connectivity index (χ0n) is 10.4. The van der Waals surface area contributed by atoms with Gasteiger partial charge in [0, 0.05) is 30.2 Å². The summed E-state index contributed by atoms with van der Waals surface area (Å²) in [6, 6.07) is 0.705. The Morgan fingerprint density at radius 3 is 2.79 bits per heavy atom. The van der Waals surface area contributed by atoms with E-state index in [1.807, 2.05) is 6.92 Å². The Bertz CT molecular complexity index is 514. The third-order valence-electron chi connectivity index (χ3n) is 3.25. The molecule has 1 saturated heterocycles. The molecule has 1 amide bonds. The molecule has 0 saturated carbocycles. The Morgan fingerprint density at radius 2 is 2.21 bits per heavy atom. The average Bonchev–Trinajstić information content (AvgIpc) is 2.91. The Balaban J connectivity index is 2.30. The van der Waals surface area contributed by atoms with E-state index in [1.165, 1.54) is 4.90 Å². The summed E-state index contributed by atoms with van der Waals surface area (Å²) in [7, 11) is 0. The third kappa shape index (κ3) is 2.66. The average molecular weight is 331 g/mol. The van der Waals surface area contributed by atoms with E-state index < -0.39 is 18.1 Å². The quantitative estimate of drug-likeness (QED) is 0.863. The molecule has 1 aromatic heterocycles. The molecule has 0 aliphatic carbocycles. The number of aryl methyl sites for hydroxylation is 1. The van der Waals surface area contributed by atoms with Crippen molar-refractivity contribution in [1.82, 2.24) is 9.47 Å². The van der Waals surface area contributed by atoms with Crippen molar-refractivity contribution in [2.24, 2.45) is 0 Å². The molecule has 0 aromatic carbocycles. The number of aliphatic hydroxyl groups is 1. The highest BCUT2D eigenvalue weighted by Gasteiger charge is 2.39. The van der Waals surface area contributed by atoms with E-state index in [-0.39, 0.29) is 18.9 Å². The van der Waals surface area contributed by atoms with Crippen molar-refractivity contribution >= 4 is 27.8 Å². The molecule has 7 heteroatoms. The van der Waals surface area contributed by atoms with Crippen molar-refractivity contribution in [2.45, 2.75) is 32.0 Å². The number of aliphatic hydroxyl groups excluding tert-OH is 1. The SMILES string of the molecule is CCn1cc(Br)cc1C(=O)N1CC(O)CC1C(=O)O. The van der Waals surface area contributed by atoms with Gasteiger partial charge < -0.3 is 19.7 Å². The van der Waals surface area contributed by atoms with Crippen LogP contribution in [0.1, 0.15) is 23.8 Å². The van der Waals surface area contributed by atoms with E-state index in [2.05, 4.69) is 15.9 Å². The number of nitrogens with zero attached hydrogens (tertiary/aromatic N) is 2. The molecule has 0 bridgehead atoms. The molecule has 1 aromatic rings. The van der Waals surface area contributed by atoms with Gasteiger partial charge in [-0.05, 0) is 28.9 Å². The van der Waals surface area contributed by atoms with Gasteiger partial charge in [0.1, 0.15) is 11.7 Å². The zero-order chi connectivity index (χ0) is 14.2. The molecule has 0 radical (unpaired) electrons. The molecule has 1 aliphatic heterocycles. The molecule has 6 nitrogen and oxygen atoms in total. The first-order valence-corrected chi connectivity index (χ1v) is 6.80. The number of carboxylic acid groups (broad SMARTS) is 1. The normalized spacial score (nSPS) is 22.8. The molecule has 2 rings (SSSR count). The van der Waals surface area contributed by atoms with Crippen molar-refractivity contribution in [1.29, 1.82) is 0 Å². The first-order chi connectivity index (χ1) is 8.93. The van der Waals surface area contributed by atoms with Gasteiger partial charge in [0.25, 0.3) is 5.91 Å². The molecule has 2 N–H and O–H groups in total. The molecule has 19 heavy (non-hydrogen) atoms. The lowest BCUT2D eigenvalue weighted by atomic mass is 10.2. The van der Waals surface area contributed by atoms with Crippen LogP contribution in [-0.4, -0.2) is 50.2 Å². The Morgan fingerprint density at radius 1 is 1.53 bits per heavy atom. The summed E-state index contributed by atoms with van der Waals surface area (Å²) in [4.78, 5) is 24.8. The molecule has 1 aliphatic rings. The van der Waals surface area contributed by atoms with Gasteiger partial charge in [-0.25, -0.2) is 4.79 Å². The molecular weight excluding hydrogens is 316 g/mol. The van der Waals surface area contributed by atoms with Crippen LogP contribution in [0.25, 0.3) is 0 Å². The molecule has 1 fully saturated rings. The number of β-amino-alcohol motifs (C(OH)–C–C–N with tert-alkyl or cyclic N) is 1. The van der Waals surface area contributed by atoms with Crippen LogP contribution in [0, 0.1) is 0 Å². The van der Waals surface area contributed by atoms with Crippen LogP contribution in [0.15, 0.2) is 16.7 Å². The molecule has 0 spiro atoms. The van der Waals surface area contributed by atoms with Crippen LogP contribution in [-0.2, 0) is 11.3 Å². The van der Waals surface area contributed by atoms with Gasteiger partial charge >= 0.3 is 5.97 Å². The van der Waals surface area contributed by atoms with Crippen LogP contribution < -0.4 is 0 Å². The topological polar surface area (TPSA) is 82.8 Å². The van der Waals surface area contributed by atoms with E-state index >= 15 is 0 Å². The minimum absolute atomic E-state index is 0.0579. The maximum Gasteiger partial charge on any atom is 0.326 e. The number of amides is 1. The van der Waals surface area contributed by atoms with Crippen molar-refractivity contribution in [3.63, 3.8) is 0 Å². The van der Waals surface area contributed by atoms with E-state index in [0.29, 0.717) is 12.2 Å². The monoisotopic (exact) mass is 330 g/mol. The first-order valence-electron chi connectivity index (χ1n) is 6.01. The highest BCUT2D eigenvalue weighted by atomic mass is 79.9. The summed E-state index contributed by atoms with van der Waals surface area (Å²) in [6.07, 6.45) is 1.07. The number of rotatable bonds is 3. The van der Waals surface area contributed by atoms with Gasteiger partial charge in [-0.15, -0.1) is 0 Å². The summed E-state index contributed by atoms with van der Waals surface area (Å²) in [6.45, 7) is 2.57. The summed E-state index contributed by atoms with van der Waals surface area (Å²) in [5.74, 6) is -1.45. The minimum atomic E-state index is -1.08. The lowest BCUT2D eigenvalue weighted by Crippen LogP contribution is -2.41. The third-order valence-corrected chi connectivity index (χ3v) is 3.68. The molecule has 104 valence electrons. The van der Waals surface area contributed by atoms with Crippen LogP contribution >= 0.6 is 15.9 Å². The lowest BCUT2D eigenvalue weighted by molar-refractivity contribution is -0.141. The standard InChI is InChI=1S/C12H15BrN2O4/c1-2-14-5-7(13)3-9(14)11(17)15-6-8(16)4-10(15)12(18)19/h3,5,8,10,16H,2,4,6H2,1H3,(H,18,19). The van der Waals surface area contributed by atoms with Crippen molar-refractivity contribution < 1.29 is 19.8 Å². The second kappa shape index (κ2) is 5.34.